The molecular weight excluding hydrogens is 753 g/mol. The summed E-state index contributed by atoms with van der Waals surface area (Å²) < 4.78 is 9.94. The molecule has 4 atom stereocenters. The second-order valence-corrected chi connectivity index (χ2v) is 22.0. The summed E-state index contributed by atoms with van der Waals surface area (Å²) in [6.45, 7) is 6.30. The third-order valence-electron chi connectivity index (χ3n) is 12.7. The fourth-order valence-electron chi connectivity index (χ4n) is 9.81. The highest BCUT2D eigenvalue weighted by molar-refractivity contribution is 6.78. The molecule has 58 heavy (non-hydrogen) atoms. The van der Waals surface area contributed by atoms with Gasteiger partial charge in [-0.05, 0) is 78.8 Å². The van der Waals surface area contributed by atoms with Crippen molar-refractivity contribution in [2.24, 2.45) is 0 Å². The lowest BCUT2D eigenvalue weighted by atomic mass is 9.99. The second-order valence-electron chi connectivity index (χ2n) is 17.0. The Balaban J connectivity index is 0.917. The molecule has 0 aliphatic carbocycles. The molecule has 14 nitrogen and oxygen atoms in total. The van der Waals surface area contributed by atoms with Crippen LogP contribution in [-0.4, -0.2) is 124 Å². The standard InChI is InChI=1S/C43H50N8O6Si/c1-56-42(54)49-20-6-9-34(49)40(52)48-19-5-8-33(48)39-45-31-18-16-29-22-28(15-17-30(29)37(31)47-39)26-11-13-27(14-12-26)32-23-44-38(46-32)36-24-58(3,4)25-51(36)41(53)35-10-7-21-50(35)43(55)57-2/h11-18,22-23,33-36H,5-10,19-21,24-25H2,1-4H3,(H,44,46)(H,45,47)/t33-,34+,35+,36+/m1/s1. The predicted octanol–water partition coefficient (Wildman–Crippen LogP) is 7.03. The highest BCUT2D eigenvalue weighted by atomic mass is 28.3. The zero-order valence-corrected chi connectivity index (χ0v) is 34.5. The molecule has 3 aromatic carbocycles. The van der Waals surface area contributed by atoms with Gasteiger partial charge in [-0.1, -0.05) is 55.6 Å². The summed E-state index contributed by atoms with van der Waals surface area (Å²) in [5.41, 5.74) is 5.84. The maximum absolute atomic E-state index is 13.9. The van der Waals surface area contributed by atoms with E-state index in [1.165, 1.54) is 14.2 Å². The predicted molar refractivity (Wildman–Crippen MR) is 221 cm³/mol. The number of likely N-dealkylation sites (tertiary alicyclic amines) is 3. The van der Waals surface area contributed by atoms with Gasteiger partial charge in [0.2, 0.25) is 11.8 Å². The molecule has 2 aromatic heterocycles. The number of fused-ring (bicyclic) bond motifs is 3. The fraction of sp³-hybridized carbons (Fsp3) is 0.442. The first-order chi connectivity index (χ1) is 28.0. The Morgan fingerprint density at radius 1 is 0.690 bits per heavy atom. The first-order valence-corrected chi connectivity index (χ1v) is 23.8. The molecule has 15 heteroatoms. The van der Waals surface area contributed by atoms with Crippen molar-refractivity contribution in [3.05, 3.63) is 72.4 Å². The lowest BCUT2D eigenvalue weighted by Crippen LogP contribution is -2.48. The Morgan fingerprint density at radius 3 is 2.00 bits per heavy atom. The summed E-state index contributed by atoms with van der Waals surface area (Å²) in [5.74, 6) is 1.50. The maximum Gasteiger partial charge on any atom is 0.410 e. The number of aromatic amines is 2. The monoisotopic (exact) mass is 802 g/mol. The quantitative estimate of drug-likeness (QED) is 0.173. The van der Waals surface area contributed by atoms with Crippen LogP contribution in [0.2, 0.25) is 19.1 Å². The number of ether oxygens (including phenoxy) is 2. The number of imidazole rings is 2. The minimum atomic E-state index is -1.72. The first kappa shape index (κ1) is 37.9. The zero-order valence-electron chi connectivity index (χ0n) is 33.5. The molecule has 0 unspecified atom stereocenters. The van der Waals surface area contributed by atoms with Gasteiger partial charge in [0.25, 0.3) is 0 Å². The number of nitrogens with one attached hydrogen (secondary N) is 2. The molecule has 0 bridgehead atoms. The number of hydrogen-bond acceptors (Lipinski definition) is 8. The number of carbonyl (C=O) groups excluding carboxylic acids is 4. The molecule has 4 saturated heterocycles. The molecule has 0 spiro atoms. The van der Waals surface area contributed by atoms with E-state index in [-0.39, 0.29) is 23.9 Å². The van der Waals surface area contributed by atoms with Gasteiger partial charge in [0.1, 0.15) is 23.7 Å². The van der Waals surface area contributed by atoms with Crippen molar-refractivity contribution in [2.45, 2.75) is 81.8 Å². The van der Waals surface area contributed by atoms with Crippen molar-refractivity contribution in [2.75, 3.05) is 40.0 Å². The number of amides is 4. The normalized spacial score (nSPS) is 23.0. The van der Waals surface area contributed by atoms with E-state index in [2.05, 4.69) is 77.7 Å². The number of methoxy groups -OCH3 is 2. The summed E-state index contributed by atoms with van der Waals surface area (Å²) >= 11 is 0. The van der Waals surface area contributed by atoms with E-state index in [0.29, 0.717) is 32.5 Å². The van der Waals surface area contributed by atoms with Gasteiger partial charge in [-0.3, -0.25) is 19.4 Å². The van der Waals surface area contributed by atoms with E-state index in [1.54, 1.807) is 9.80 Å². The molecule has 4 fully saturated rings. The number of aromatic nitrogens is 4. The van der Waals surface area contributed by atoms with Crippen molar-refractivity contribution in [3.8, 4) is 22.4 Å². The van der Waals surface area contributed by atoms with Crippen LogP contribution < -0.4 is 0 Å². The Morgan fingerprint density at radius 2 is 1.31 bits per heavy atom. The topological polar surface area (TPSA) is 157 Å². The van der Waals surface area contributed by atoms with Gasteiger partial charge in [-0.2, -0.15) is 0 Å². The van der Waals surface area contributed by atoms with Crippen LogP contribution in [0.3, 0.4) is 0 Å². The van der Waals surface area contributed by atoms with Crippen LogP contribution >= 0.6 is 0 Å². The van der Waals surface area contributed by atoms with Crippen LogP contribution in [0.25, 0.3) is 44.2 Å². The SMILES string of the molecule is COC(=O)N1CCC[C@H]1C(=O)N1CCC[C@@H]1c1nc2c(ccc3cc(-c4ccc(-c5cnc([C@@H]6C[Si](C)(C)CN6C(=O)[C@@H]6CCCN6C(=O)OC)[nH]5)cc4)ccc32)[nH]1. The largest absolute Gasteiger partial charge is 0.453 e. The third-order valence-corrected chi connectivity index (χ3v) is 15.4. The molecule has 6 heterocycles. The second kappa shape index (κ2) is 14.9. The Kier molecular flexibility index (Phi) is 9.73. The molecule has 0 radical (unpaired) electrons. The number of carbonyl (C=O) groups is 4. The number of benzene rings is 3. The molecular formula is C43H50N8O6Si. The van der Waals surface area contributed by atoms with E-state index in [9.17, 15) is 19.2 Å². The van der Waals surface area contributed by atoms with Crippen LogP contribution in [0.15, 0.2) is 60.8 Å². The fourth-order valence-corrected chi connectivity index (χ4v) is 12.7. The minimum absolute atomic E-state index is 0.0153. The van der Waals surface area contributed by atoms with Gasteiger partial charge in [0, 0.05) is 31.2 Å². The number of hydrogen-bond donors (Lipinski definition) is 2. The van der Waals surface area contributed by atoms with Crippen molar-refractivity contribution in [1.82, 2.24) is 39.5 Å². The zero-order chi connectivity index (χ0) is 40.3. The van der Waals surface area contributed by atoms with Gasteiger partial charge in [0.05, 0.1) is 57.3 Å². The summed E-state index contributed by atoms with van der Waals surface area (Å²) in [7, 11) is 1.00. The van der Waals surface area contributed by atoms with Crippen molar-refractivity contribution in [3.63, 3.8) is 0 Å². The van der Waals surface area contributed by atoms with Crippen LogP contribution in [-0.2, 0) is 19.1 Å². The van der Waals surface area contributed by atoms with E-state index in [4.69, 9.17) is 19.4 Å². The third kappa shape index (κ3) is 6.68. The molecule has 0 saturated carbocycles. The number of H-pyrrole nitrogens is 2. The summed E-state index contributed by atoms with van der Waals surface area (Å²) in [4.78, 5) is 76.4. The summed E-state index contributed by atoms with van der Waals surface area (Å²) in [6, 6.07) is 18.6. The van der Waals surface area contributed by atoms with Gasteiger partial charge < -0.3 is 29.2 Å². The van der Waals surface area contributed by atoms with Crippen molar-refractivity contribution < 1.29 is 28.7 Å². The van der Waals surface area contributed by atoms with E-state index in [0.717, 1.165) is 93.7 Å². The van der Waals surface area contributed by atoms with Crippen LogP contribution in [0.1, 0.15) is 62.3 Å². The molecule has 4 aliphatic heterocycles. The Hall–Kier alpha value is -5.70. The average molecular weight is 803 g/mol. The Labute approximate surface area is 337 Å². The molecule has 302 valence electrons. The smallest absolute Gasteiger partial charge is 0.410 e. The van der Waals surface area contributed by atoms with E-state index < -0.39 is 32.3 Å². The van der Waals surface area contributed by atoms with Crippen LogP contribution in [0.4, 0.5) is 9.59 Å². The lowest BCUT2D eigenvalue weighted by molar-refractivity contribution is -0.137. The van der Waals surface area contributed by atoms with Crippen LogP contribution in [0.5, 0.6) is 0 Å². The number of rotatable bonds is 6. The van der Waals surface area contributed by atoms with E-state index >= 15 is 0 Å². The minimum Gasteiger partial charge on any atom is -0.453 e. The molecule has 9 rings (SSSR count). The molecule has 4 amide bonds. The summed E-state index contributed by atoms with van der Waals surface area (Å²) in [5, 5.41) is 2.10. The van der Waals surface area contributed by atoms with Crippen molar-refractivity contribution >= 4 is 53.9 Å². The maximum atomic E-state index is 13.9. The highest BCUT2D eigenvalue weighted by Crippen LogP contribution is 2.40. The molecule has 4 aliphatic rings. The van der Waals surface area contributed by atoms with Gasteiger partial charge in [0.15, 0.2) is 0 Å². The van der Waals surface area contributed by atoms with Gasteiger partial charge in [-0.25, -0.2) is 19.6 Å². The lowest BCUT2D eigenvalue weighted by Gasteiger charge is -2.30. The van der Waals surface area contributed by atoms with E-state index in [1.807, 2.05) is 16.0 Å². The summed E-state index contributed by atoms with van der Waals surface area (Å²) in [6.07, 6.45) is 6.21. The number of nitrogens with zero attached hydrogens (tertiary/aromatic N) is 6. The average Bonchev–Trinajstić information content (AvgIpc) is 4.10. The Bertz CT molecular complexity index is 2410. The van der Waals surface area contributed by atoms with Crippen molar-refractivity contribution in [1.29, 1.82) is 0 Å². The molecule has 2 N–H and O–H groups in total. The van der Waals surface area contributed by atoms with Gasteiger partial charge in [-0.15, -0.1) is 0 Å². The van der Waals surface area contributed by atoms with Crippen LogP contribution in [0, 0.1) is 0 Å². The molecule has 5 aromatic rings. The van der Waals surface area contributed by atoms with Gasteiger partial charge >= 0.3 is 12.2 Å². The first-order valence-electron chi connectivity index (χ1n) is 20.4. The highest BCUT2D eigenvalue weighted by Gasteiger charge is 2.47.